The molecule has 0 N–H and O–H groups in total. The molecule has 1 unspecified atom stereocenters. The van der Waals surface area contributed by atoms with Gasteiger partial charge in [-0.3, -0.25) is 4.79 Å². The van der Waals surface area contributed by atoms with Crippen LogP contribution in [0.2, 0.25) is 0 Å². The third-order valence-electron chi connectivity index (χ3n) is 1.53. The average Bonchev–Trinajstić information content (AvgIpc) is 2.04. The Balaban J connectivity index is 2.86. The average molecular weight is 211 g/mol. The summed E-state index contributed by atoms with van der Waals surface area (Å²) >= 11 is 3.29. The van der Waals surface area contributed by atoms with Crippen LogP contribution in [-0.2, 0) is 4.79 Å². The molecule has 0 saturated heterocycles. The summed E-state index contributed by atoms with van der Waals surface area (Å²) in [6, 6.07) is 0. The second kappa shape index (κ2) is 3.06. The number of allylic oxidation sites excluding steroid dienone is 4. The molecule has 11 heavy (non-hydrogen) atoms. The second-order valence-electron chi connectivity index (χ2n) is 2.33. The fourth-order valence-electron chi connectivity index (χ4n) is 0.883. The van der Waals surface area contributed by atoms with Gasteiger partial charge in [-0.05, 0) is 12.3 Å². The number of hydrogen-bond donors (Lipinski definition) is 0. The third-order valence-corrected chi connectivity index (χ3v) is 2.48. The van der Waals surface area contributed by atoms with E-state index in [-0.39, 0.29) is 5.78 Å². The molecular weight excluding hydrogens is 204 g/mol. The van der Waals surface area contributed by atoms with Crippen LogP contribution < -0.4 is 0 Å². The number of terminal acetylenes is 1. The lowest BCUT2D eigenvalue weighted by Crippen LogP contribution is -2.28. The quantitative estimate of drug-likeness (QED) is 0.367. The first-order chi connectivity index (χ1) is 5.19. The number of halogens is 1. The molecule has 0 fully saturated rings. The Morgan fingerprint density at radius 2 is 2.36 bits per heavy atom. The van der Waals surface area contributed by atoms with Gasteiger partial charge in [-0.1, -0.05) is 40.2 Å². The maximum Gasteiger partial charge on any atom is 0.226 e. The van der Waals surface area contributed by atoms with E-state index < -0.39 is 4.32 Å². The first-order valence-corrected chi connectivity index (χ1v) is 4.03. The van der Waals surface area contributed by atoms with Gasteiger partial charge < -0.3 is 0 Å². The number of alkyl halides is 1. The van der Waals surface area contributed by atoms with Crippen molar-refractivity contribution in [2.24, 2.45) is 0 Å². The number of hydrogen-bond acceptors (Lipinski definition) is 1. The van der Waals surface area contributed by atoms with Crippen molar-refractivity contribution in [2.75, 3.05) is 0 Å². The van der Waals surface area contributed by atoms with Crippen molar-refractivity contribution in [1.82, 2.24) is 0 Å². The number of rotatable bonds is 1. The molecule has 0 aromatic rings. The van der Waals surface area contributed by atoms with Crippen LogP contribution in [0.25, 0.3) is 0 Å². The molecule has 1 atom stereocenters. The number of ketones is 1. The first-order valence-electron chi connectivity index (χ1n) is 3.23. The smallest absolute Gasteiger partial charge is 0.226 e. The van der Waals surface area contributed by atoms with Gasteiger partial charge in [0.05, 0.1) is 0 Å². The van der Waals surface area contributed by atoms with E-state index in [1.807, 2.05) is 18.2 Å². The monoisotopic (exact) mass is 210 g/mol. The molecule has 0 heterocycles. The second-order valence-corrected chi connectivity index (χ2v) is 3.74. The van der Waals surface area contributed by atoms with Crippen molar-refractivity contribution in [1.29, 1.82) is 0 Å². The zero-order valence-electron chi connectivity index (χ0n) is 5.88. The molecule has 0 aromatic heterocycles. The molecule has 1 aliphatic rings. The Hall–Kier alpha value is -0.810. The van der Waals surface area contributed by atoms with Crippen LogP contribution in [0.5, 0.6) is 0 Å². The van der Waals surface area contributed by atoms with Crippen molar-refractivity contribution >= 4 is 21.7 Å². The molecule has 2 heteroatoms. The predicted molar refractivity (Wildman–Crippen MR) is 48.4 cm³/mol. The highest BCUT2D eigenvalue weighted by Gasteiger charge is 2.30. The Kier molecular flexibility index (Phi) is 2.31. The van der Waals surface area contributed by atoms with E-state index in [4.69, 9.17) is 6.42 Å². The summed E-state index contributed by atoms with van der Waals surface area (Å²) in [5, 5.41) is 0. The molecule has 0 amide bonds. The molecule has 1 aliphatic carbocycles. The minimum atomic E-state index is -0.642. The Bertz CT molecular complexity index is 270. The van der Waals surface area contributed by atoms with Crippen molar-refractivity contribution in [3.05, 3.63) is 24.3 Å². The number of carbonyl (C=O) groups excluding carboxylic acids is 1. The molecule has 0 spiro atoms. The zero-order valence-corrected chi connectivity index (χ0v) is 7.47. The van der Waals surface area contributed by atoms with E-state index in [0.29, 0.717) is 6.42 Å². The van der Waals surface area contributed by atoms with Gasteiger partial charge in [0.1, 0.15) is 4.32 Å². The number of carbonyl (C=O) groups is 1. The van der Waals surface area contributed by atoms with Crippen molar-refractivity contribution in [3.63, 3.8) is 0 Å². The Morgan fingerprint density at radius 3 is 2.82 bits per heavy atom. The van der Waals surface area contributed by atoms with E-state index in [2.05, 4.69) is 21.9 Å². The van der Waals surface area contributed by atoms with Crippen LogP contribution in [-0.4, -0.2) is 10.1 Å². The number of Topliss-reactive ketones (excluding diaryl/α,β-unsaturated/α-hetero) is 1. The van der Waals surface area contributed by atoms with Gasteiger partial charge in [-0.25, -0.2) is 0 Å². The zero-order chi connectivity index (χ0) is 8.32. The molecule has 0 bridgehead atoms. The van der Waals surface area contributed by atoms with Gasteiger partial charge >= 0.3 is 0 Å². The standard InChI is InChI=1S/C9H7BrO/c1-2-8(11)9(10)6-4-3-5-7-9/h1,3-6H,7H2. The molecular formula is C9H7BrO. The van der Waals surface area contributed by atoms with Crippen LogP contribution in [0.15, 0.2) is 24.3 Å². The van der Waals surface area contributed by atoms with E-state index in [9.17, 15) is 4.79 Å². The van der Waals surface area contributed by atoms with E-state index >= 15 is 0 Å². The van der Waals surface area contributed by atoms with Crippen molar-refractivity contribution in [2.45, 2.75) is 10.7 Å². The van der Waals surface area contributed by atoms with Crippen LogP contribution in [0.3, 0.4) is 0 Å². The van der Waals surface area contributed by atoms with Gasteiger partial charge in [0.25, 0.3) is 0 Å². The van der Waals surface area contributed by atoms with E-state index in [1.165, 1.54) is 0 Å². The van der Waals surface area contributed by atoms with Gasteiger partial charge in [0.15, 0.2) is 0 Å². The molecule has 1 nitrogen and oxygen atoms in total. The summed E-state index contributed by atoms with van der Waals surface area (Å²) in [6.45, 7) is 0. The minimum absolute atomic E-state index is 0.224. The molecule has 0 saturated carbocycles. The lowest BCUT2D eigenvalue weighted by Gasteiger charge is -2.18. The molecule has 56 valence electrons. The summed E-state index contributed by atoms with van der Waals surface area (Å²) in [4.78, 5) is 11.1. The summed E-state index contributed by atoms with van der Waals surface area (Å²) < 4.78 is -0.642. The molecule has 0 aliphatic heterocycles. The fourth-order valence-corrected chi connectivity index (χ4v) is 1.34. The van der Waals surface area contributed by atoms with Gasteiger partial charge in [0.2, 0.25) is 5.78 Å². The Labute approximate surface area is 74.3 Å². The van der Waals surface area contributed by atoms with Crippen LogP contribution in [0.1, 0.15) is 6.42 Å². The highest BCUT2D eigenvalue weighted by Crippen LogP contribution is 2.28. The van der Waals surface area contributed by atoms with E-state index in [1.54, 1.807) is 6.08 Å². The van der Waals surface area contributed by atoms with E-state index in [0.717, 1.165) is 0 Å². The lowest BCUT2D eigenvalue weighted by molar-refractivity contribution is -0.114. The van der Waals surface area contributed by atoms with Gasteiger partial charge in [-0.15, -0.1) is 6.42 Å². The maximum absolute atomic E-state index is 11.1. The van der Waals surface area contributed by atoms with Gasteiger partial charge in [0, 0.05) is 0 Å². The Morgan fingerprint density at radius 1 is 1.64 bits per heavy atom. The van der Waals surface area contributed by atoms with Crippen LogP contribution >= 0.6 is 15.9 Å². The topological polar surface area (TPSA) is 17.1 Å². The first kappa shape index (κ1) is 8.29. The summed E-state index contributed by atoms with van der Waals surface area (Å²) in [5.41, 5.74) is 0. The minimum Gasteiger partial charge on any atom is -0.283 e. The van der Waals surface area contributed by atoms with Gasteiger partial charge in [-0.2, -0.15) is 0 Å². The van der Waals surface area contributed by atoms with Crippen molar-refractivity contribution in [3.8, 4) is 12.3 Å². The molecule has 1 rings (SSSR count). The summed E-state index contributed by atoms with van der Waals surface area (Å²) in [6.07, 6.45) is 13.0. The summed E-state index contributed by atoms with van der Waals surface area (Å²) in [5.74, 6) is 1.88. The van der Waals surface area contributed by atoms with Crippen LogP contribution in [0.4, 0.5) is 0 Å². The largest absolute Gasteiger partial charge is 0.283 e. The predicted octanol–water partition coefficient (Wildman–Crippen LogP) is 1.84. The molecule has 0 aromatic carbocycles. The van der Waals surface area contributed by atoms with Crippen molar-refractivity contribution < 1.29 is 4.79 Å². The highest BCUT2D eigenvalue weighted by molar-refractivity contribution is 9.10. The lowest BCUT2D eigenvalue weighted by atomic mass is 9.96. The third kappa shape index (κ3) is 1.61. The molecule has 0 radical (unpaired) electrons. The SMILES string of the molecule is C#CC(=O)C1(Br)C=CC=CC1. The highest BCUT2D eigenvalue weighted by atomic mass is 79.9. The van der Waals surface area contributed by atoms with Crippen LogP contribution in [0, 0.1) is 12.3 Å². The summed E-state index contributed by atoms with van der Waals surface area (Å²) in [7, 11) is 0. The maximum atomic E-state index is 11.1. The fraction of sp³-hybridized carbons (Fsp3) is 0.222. The normalized spacial score (nSPS) is 28.0.